The van der Waals surface area contributed by atoms with Crippen LogP contribution in [0.5, 0.6) is 5.75 Å². The van der Waals surface area contributed by atoms with Gasteiger partial charge in [0.25, 0.3) is 5.91 Å². The number of benzene rings is 1. The van der Waals surface area contributed by atoms with Crippen molar-refractivity contribution in [3.05, 3.63) is 41.2 Å². The average Bonchev–Trinajstić information content (AvgIpc) is 3.40. The smallest absolute Gasteiger partial charge is 0.290 e. The summed E-state index contributed by atoms with van der Waals surface area (Å²) in [5.41, 5.74) is 1.12. The number of carbonyl (C=O) groups is 2. The zero-order valence-electron chi connectivity index (χ0n) is 17.1. The van der Waals surface area contributed by atoms with E-state index in [0.717, 1.165) is 50.2 Å². The van der Waals surface area contributed by atoms with E-state index in [1.807, 2.05) is 24.3 Å². The summed E-state index contributed by atoms with van der Waals surface area (Å²) < 4.78 is 5.66. The minimum atomic E-state index is -0.515. The molecule has 1 unspecified atom stereocenters. The van der Waals surface area contributed by atoms with Gasteiger partial charge in [0.15, 0.2) is 11.5 Å². The number of aliphatic hydroxyl groups excluding tert-OH is 1. The molecule has 0 spiro atoms. The van der Waals surface area contributed by atoms with Gasteiger partial charge in [0, 0.05) is 19.0 Å². The van der Waals surface area contributed by atoms with Gasteiger partial charge in [-0.05, 0) is 62.9 Å². The fourth-order valence-electron chi connectivity index (χ4n) is 4.27. The van der Waals surface area contributed by atoms with Gasteiger partial charge in [-0.15, -0.1) is 0 Å². The maximum absolute atomic E-state index is 12.9. The molecule has 1 aromatic carbocycles. The van der Waals surface area contributed by atoms with Gasteiger partial charge in [0.1, 0.15) is 5.75 Å². The number of rotatable bonds is 9. The quantitative estimate of drug-likeness (QED) is 0.692. The van der Waals surface area contributed by atoms with E-state index in [-0.39, 0.29) is 23.0 Å². The van der Waals surface area contributed by atoms with Crippen LogP contribution >= 0.6 is 0 Å². The summed E-state index contributed by atoms with van der Waals surface area (Å²) >= 11 is 0. The summed E-state index contributed by atoms with van der Waals surface area (Å²) in [4.78, 5) is 29.8. The number of nitrogens with zero attached hydrogens (tertiary/aromatic N) is 2. The summed E-state index contributed by atoms with van der Waals surface area (Å²) in [6, 6.07) is 7.05. The van der Waals surface area contributed by atoms with E-state index < -0.39 is 11.9 Å². The Balaban J connectivity index is 1.59. The van der Waals surface area contributed by atoms with E-state index in [9.17, 15) is 14.7 Å². The normalized spacial score (nSPS) is 22.6. The first-order chi connectivity index (χ1) is 14.1. The van der Waals surface area contributed by atoms with Crippen molar-refractivity contribution in [3.63, 3.8) is 0 Å². The largest absolute Gasteiger partial charge is 0.503 e. The molecule has 6 heteroatoms. The molecule has 2 aliphatic heterocycles. The first kappa shape index (κ1) is 20.0. The molecule has 2 fully saturated rings. The number of amides is 1. The van der Waals surface area contributed by atoms with Crippen molar-refractivity contribution in [2.75, 3.05) is 32.8 Å². The fourth-order valence-corrected chi connectivity index (χ4v) is 4.27. The molecular weight excluding hydrogens is 368 g/mol. The van der Waals surface area contributed by atoms with Crippen LogP contribution in [0.4, 0.5) is 0 Å². The van der Waals surface area contributed by atoms with Gasteiger partial charge in [0.2, 0.25) is 0 Å². The third-order valence-electron chi connectivity index (χ3n) is 6.04. The number of Topliss-reactive ketones (excluding diaryl/α,β-unsaturated/α-hetero) is 1. The van der Waals surface area contributed by atoms with Crippen LogP contribution < -0.4 is 4.74 Å². The highest BCUT2D eigenvalue weighted by molar-refractivity contribution is 6.10. The molecule has 1 amide bonds. The molecule has 1 N–H and O–H groups in total. The van der Waals surface area contributed by atoms with E-state index in [1.165, 1.54) is 12.8 Å². The van der Waals surface area contributed by atoms with Crippen LogP contribution in [0, 0.1) is 5.92 Å². The molecule has 0 aromatic heterocycles. The lowest BCUT2D eigenvalue weighted by Gasteiger charge is -2.29. The van der Waals surface area contributed by atoms with Crippen molar-refractivity contribution in [1.82, 2.24) is 9.80 Å². The van der Waals surface area contributed by atoms with Gasteiger partial charge in [-0.1, -0.05) is 19.1 Å². The van der Waals surface area contributed by atoms with Gasteiger partial charge in [-0.2, -0.15) is 0 Å². The molecule has 1 aromatic rings. The van der Waals surface area contributed by atoms with Gasteiger partial charge in [0.05, 0.1) is 18.2 Å². The van der Waals surface area contributed by atoms with E-state index in [4.69, 9.17) is 4.74 Å². The molecule has 0 radical (unpaired) electrons. The number of hydrogen-bond acceptors (Lipinski definition) is 5. The summed E-state index contributed by atoms with van der Waals surface area (Å²) in [5.74, 6) is -0.139. The van der Waals surface area contributed by atoms with Crippen LogP contribution in [0.15, 0.2) is 35.6 Å². The summed E-state index contributed by atoms with van der Waals surface area (Å²) in [6.07, 6.45) is 4.99. The molecular formula is C23H30N2O4. The number of likely N-dealkylation sites (tertiary alicyclic amines) is 1. The lowest BCUT2D eigenvalue weighted by atomic mass is 9.94. The van der Waals surface area contributed by atoms with E-state index >= 15 is 0 Å². The van der Waals surface area contributed by atoms with Crippen molar-refractivity contribution in [1.29, 1.82) is 0 Å². The lowest BCUT2D eigenvalue weighted by molar-refractivity contribution is -0.129. The van der Waals surface area contributed by atoms with Crippen molar-refractivity contribution >= 4 is 11.7 Å². The molecule has 156 valence electrons. The Kier molecular flexibility index (Phi) is 5.90. The van der Waals surface area contributed by atoms with E-state index in [1.54, 1.807) is 4.90 Å². The van der Waals surface area contributed by atoms with Gasteiger partial charge >= 0.3 is 0 Å². The number of carbonyl (C=O) groups excluding carboxylic acids is 2. The minimum absolute atomic E-state index is 0.0480. The zero-order valence-corrected chi connectivity index (χ0v) is 17.1. The SMILES string of the molecule is CCCOc1ccc(C2C(C(=O)C3CC3)=C(O)C(=O)N2CCN2CCCC2)cc1. The first-order valence-electron chi connectivity index (χ1n) is 10.8. The number of hydrogen-bond donors (Lipinski definition) is 1. The predicted octanol–water partition coefficient (Wildman–Crippen LogP) is 3.25. The van der Waals surface area contributed by atoms with Crippen molar-refractivity contribution in [2.24, 2.45) is 5.92 Å². The van der Waals surface area contributed by atoms with E-state index in [0.29, 0.717) is 13.2 Å². The summed E-state index contributed by atoms with van der Waals surface area (Å²) in [6.45, 7) is 6.06. The van der Waals surface area contributed by atoms with E-state index in [2.05, 4.69) is 11.8 Å². The highest BCUT2D eigenvalue weighted by Gasteiger charge is 2.46. The molecule has 3 aliphatic rings. The van der Waals surface area contributed by atoms with Crippen LogP contribution in [0.1, 0.15) is 50.6 Å². The second-order valence-electron chi connectivity index (χ2n) is 8.27. The van der Waals surface area contributed by atoms with Crippen molar-refractivity contribution < 1.29 is 19.4 Å². The first-order valence-corrected chi connectivity index (χ1v) is 10.8. The zero-order chi connectivity index (χ0) is 20.4. The fraction of sp³-hybridized carbons (Fsp3) is 0.565. The highest BCUT2D eigenvalue weighted by Crippen LogP contribution is 2.43. The Hall–Kier alpha value is -2.34. The Bertz CT molecular complexity index is 792. The maximum atomic E-state index is 12.9. The molecule has 1 atom stereocenters. The Morgan fingerprint density at radius 2 is 1.83 bits per heavy atom. The molecule has 1 saturated heterocycles. The molecule has 2 heterocycles. The molecule has 4 rings (SSSR count). The average molecular weight is 399 g/mol. The number of ketones is 1. The molecule has 1 saturated carbocycles. The molecule has 0 bridgehead atoms. The van der Waals surface area contributed by atoms with Crippen LogP contribution in [0.25, 0.3) is 0 Å². The lowest BCUT2D eigenvalue weighted by Crippen LogP contribution is -2.38. The third-order valence-corrected chi connectivity index (χ3v) is 6.04. The molecule has 29 heavy (non-hydrogen) atoms. The maximum Gasteiger partial charge on any atom is 0.290 e. The van der Waals surface area contributed by atoms with Crippen LogP contribution in [0.2, 0.25) is 0 Å². The predicted molar refractivity (Wildman–Crippen MR) is 110 cm³/mol. The van der Waals surface area contributed by atoms with Crippen molar-refractivity contribution in [2.45, 2.75) is 45.1 Å². The van der Waals surface area contributed by atoms with Crippen molar-refractivity contribution in [3.8, 4) is 5.75 Å². The standard InChI is InChI=1S/C23H30N2O4/c1-2-15-29-18-9-7-16(8-10-18)20-19(21(26)17-5-6-17)22(27)23(28)25(20)14-13-24-11-3-4-12-24/h7-10,17,20,27H,2-6,11-15H2,1H3. The number of aliphatic hydroxyl groups is 1. The second-order valence-corrected chi connectivity index (χ2v) is 8.27. The summed E-state index contributed by atoms with van der Waals surface area (Å²) in [5, 5.41) is 10.6. The minimum Gasteiger partial charge on any atom is -0.503 e. The molecule has 6 nitrogen and oxygen atoms in total. The Labute approximate surface area is 172 Å². The van der Waals surface area contributed by atoms with Crippen LogP contribution in [0.3, 0.4) is 0 Å². The Morgan fingerprint density at radius 3 is 2.45 bits per heavy atom. The topological polar surface area (TPSA) is 70.1 Å². The van der Waals surface area contributed by atoms with Gasteiger partial charge in [-0.25, -0.2) is 0 Å². The monoisotopic (exact) mass is 398 g/mol. The van der Waals surface area contributed by atoms with Gasteiger partial charge < -0.3 is 19.6 Å². The summed E-state index contributed by atoms with van der Waals surface area (Å²) in [7, 11) is 0. The second kappa shape index (κ2) is 8.57. The third kappa shape index (κ3) is 4.17. The highest BCUT2D eigenvalue weighted by atomic mass is 16.5. The van der Waals surface area contributed by atoms with Crippen LogP contribution in [-0.4, -0.2) is 59.4 Å². The van der Waals surface area contributed by atoms with Gasteiger partial charge in [-0.3, -0.25) is 9.59 Å². The molecule has 1 aliphatic carbocycles. The number of ether oxygens (including phenoxy) is 1. The Morgan fingerprint density at radius 1 is 1.14 bits per heavy atom. The van der Waals surface area contributed by atoms with Crippen LogP contribution in [-0.2, 0) is 9.59 Å².